The summed E-state index contributed by atoms with van der Waals surface area (Å²) >= 11 is 0. The smallest absolute Gasteiger partial charge is 0.404 e. The highest BCUT2D eigenvalue weighted by molar-refractivity contribution is 6.07. The molecule has 8 nitrogen and oxygen atoms in total. The molecule has 0 bridgehead atoms. The van der Waals surface area contributed by atoms with Gasteiger partial charge in [0.25, 0.3) is 5.91 Å². The van der Waals surface area contributed by atoms with E-state index in [9.17, 15) is 14.7 Å². The molecule has 4 rings (SSSR count). The van der Waals surface area contributed by atoms with Gasteiger partial charge in [-0.15, -0.1) is 0 Å². The second-order valence-corrected chi connectivity index (χ2v) is 9.48. The van der Waals surface area contributed by atoms with Crippen molar-refractivity contribution < 1.29 is 19.4 Å². The zero-order chi connectivity index (χ0) is 23.0. The molecule has 1 aliphatic carbocycles. The second kappa shape index (κ2) is 8.33. The number of aryl methyl sites for hydroxylation is 1. The number of pyridine rings is 1. The molecule has 170 valence electrons. The van der Waals surface area contributed by atoms with E-state index in [2.05, 4.69) is 42.5 Å². The van der Waals surface area contributed by atoms with E-state index >= 15 is 0 Å². The number of amides is 2. The Morgan fingerprint density at radius 1 is 1.31 bits per heavy atom. The fourth-order valence-corrected chi connectivity index (χ4v) is 4.86. The van der Waals surface area contributed by atoms with E-state index in [4.69, 9.17) is 4.74 Å². The summed E-state index contributed by atoms with van der Waals surface area (Å²) in [6, 6.07) is 9.45. The molecule has 1 aliphatic heterocycles. The number of anilines is 3. The van der Waals surface area contributed by atoms with E-state index in [1.807, 2.05) is 18.2 Å². The molecule has 1 aromatic carbocycles. The van der Waals surface area contributed by atoms with Gasteiger partial charge in [-0.1, -0.05) is 26.8 Å². The van der Waals surface area contributed by atoms with Crippen molar-refractivity contribution in [1.82, 2.24) is 10.3 Å². The fourth-order valence-electron chi connectivity index (χ4n) is 4.86. The molecule has 2 atom stereocenters. The Bertz CT molecular complexity index is 1050. The van der Waals surface area contributed by atoms with Crippen LogP contribution in [0.25, 0.3) is 0 Å². The van der Waals surface area contributed by atoms with Crippen molar-refractivity contribution in [3.63, 3.8) is 0 Å². The van der Waals surface area contributed by atoms with Gasteiger partial charge in [0.2, 0.25) is 5.88 Å². The molecule has 0 spiro atoms. The maximum Gasteiger partial charge on any atom is 0.404 e. The molecule has 1 aromatic heterocycles. The van der Waals surface area contributed by atoms with E-state index < -0.39 is 6.09 Å². The van der Waals surface area contributed by atoms with Crippen molar-refractivity contribution in [2.75, 3.05) is 23.9 Å². The van der Waals surface area contributed by atoms with Crippen LogP contribution in [0.5, 0.6) is 5.88 Å². The lowest BCUT2D eigenvalue weighted by Gasteiger charge is -2.40. The molecule has 8 heteroatoms. The first kappa shape index (κ1) is 21.9. The molecular weight excluding hydrogens is 408 g/mol. The van der Waals surface area contributed by atoms with Crippen molar-refractivity contribution in [2.24, 2.45) is 5.41 Å². The van der Waals surface area contributed by atoms with Gasteiger partial charge >= 0.3 is 6.09 Å². The molecule has 0 saturated carbocycles. The Morgan fingerprint density at radius 2 is 2.09 bits per heavy atom. The molecule has 2 unspecified atom stereocenters. The van der Waals surface area contributed by atoms with Gasteiger partial charge in [0.1, 0.15) is 0 Å². The largest absolute Gasteiger partial charge is 0.481 e. The molecule has 2 amide bonds. The zero-order valence-electron chi connectivity index (χ0n) is 18.9. The first-order valence-corrected chi connectivity index (χ1v) is 10.9. The quantitative estimate of drug-likeness (QED) is 0.658. The number of hydrogen-bond acceptors (Lipinski definition) is 5. The lowest BCUT2D eigenvalue weighted by molar-refractivity contribution is -0.116. The van der Waals surface area contributed by atoms with Gasteiger partial charge in [0, 0.05) is 18.0 Å². The molecule has 0 radical (unpaired) electrons. The highest BCUT2D eigenvalue weighted by Gasteiger charge is 2.37. The van der Waals surface area contributed by atoms with Crippen LogP contribution in [0.4, 0.5) is 22.0 Å². The Balaban J connectivity index is 1.74. The standard InChI is InChI=1S/C24H30N4O4/c1-24(2,3)21(27-23(30)31)17-7-5-6-14-12-15(8-9-16(14)17)28-20(29)13-25-18-10-11-19(32-4)26-22(18)28/h8-12,17,21,25,27H,5-7,13H2,1-4H3,(H,30,31). The molecule has 0 fully saturated rings. The number of fused-ring (bicyclic) bond motifs is 2. The Labute approximate surface area is 188 Å². The third kappa shape index (κ3) is 4.09. The summed E-state index contributed by atoms with van der Waals surface area (Å²) in [5, 5.41) is 15.3. The van der Waals surface area contributed by atoms with Crippen LogP contribution in [0.2, 0.25) is 0 Å². The van der Waals surface area contributed by atoms with Crippen molar-refractivity contribution in [3.05, 3.63) is 41.5 Å². The fraction of sp³-hybridized carbons (Fsp3) is 0.458. The maximum absolute atomic E-state index is 12.9. The Kier molecular flexibility index (Phi) is 5.71. The summed E-state index contributed by atoms with van der Waals surface area (Å²) in [4.78, 5) is 30.5. The van der Waals surface area contributed by atoms with E-state index in [0.29, 0.717) is 11.7 Å². The van der Waals surface area contributed by atoms with Gasteiger partial charge in [0.15, 0.2) is 5.82 Å². The van der Waals surface area contributed by atoms with Gasteiger partial charge in [-0.05, 0) is 54.0 Å². The number of ether oxygens (including phenoxy) is 1. The zero-order valence-corrected chi connectivity index (χ0v) is 18.9. The van der Waals surface area contributed by atoms with E-state index in [0.717, 1.165) is 41.8 Å². The number of nitrogens with zero attached hydrogens (tertiary/aromatic N) is 2. The monoisotopic (exact) mass is 438 g/mol. The minimum atomic E-state index is -1.00. The summed E-state index contributed by atoms with van der Waals surface area (Å²) in [6.45, 7) is 6.37. The highest BCUT2D eigenvalue weighted by atomic mass is 16.5. The van der Waals surface area contributed by atoms with Gasteiger partial charge in [-0.25, -0.2) is 4.79 Å². The van der Waals surface area contributed by atoms with Crippen molar-refractivity contribution in [1.29, 1.82) is 0 Å². The number of hydrogen-bond donors (Lipinski definition) is 3. The second-order valence-electron chi connectivity index (χ2n) is 9.48. The number of carboxylic acid groups (broad SMARTS) is 1. The van der Waals surface area contributed by atoms with Crippen LogP contribution >= 0.6 is 0 Å². The number of rotatable bonds is 4. The molecule has 0 saturated heterocycles. The van der Waals surface area contributed by atoms with Gasteiger partial charge in [0.05, 0.1) is 25.0 Å². The van der Waals surface area contributed by atoms with Crippen LogP contribution in [-0.2, 0) is 11.2 Å². The van der Waals surface area contributed by atoms with E-state index in [1.165, 1.54) is 0 Å². The molecular formula is C24H30N4O4. The van der Waals surface area contributed by atoms with Crippen molar-refractivity contribution >= 4 is 29.2 Å². The number of carbonyl (C=O) groups is 2. The van der Waals surface area contributed by atoms with Crippen molar-refractivity contribution in [3.8, 4) is 5.88 Å². The van der Waals surface area contributed by atoms with Crippen molar-refractivity contribution in [2.45, 2.75) is 52.0 Å². The number of aromatic nitrogens is 1. The predicted octanol–water partition coefficient (Wildman–Crippen LogP) is 4.28. The van der Waals surface area contributed by atoms with Crippen LogP contribution in [-0.4, -0.2) is 41.8 Å². The highest BCUT2D eigenvalue weighted by Crippen LogP contribution is 2.42. The topological polar surface area (TPSA) is 104 Å². The first-order chi connectivity index (χ1) is 15.2. The summed E-state index contributed by atoms with van der Waals surface area (Å²) < 4.78 is 5.26. The number of nitrogens with one attached hydrogen (secondary N) is 2. The van der Waals surface area contributed by atoms with Crippen LogP contribution in [0.3, 0.4) is 0 Å². The average Bonchev–Trinajstić information content (AvgIpc) is 2.75. The lowest BCUT2D eigenvalue weighted by Crippen LogP contribution is -2.48. The molecule has 32 heavy (non-hydrogen) atoms. The molecule has 3 N–H and O–H groups in total. The lowest BCUT2D eigenvalue weighted by atomic mass is 9.70. The number of methoxy groups -OCH3 is 1. The van der Waals surface area contributed by atoms with Crippen LogP contribution in [0, 0.1) is 5.41 Å². The number of carbonyl (C=O) groups excluding carboxylic acids is 1. The first-order valence-electron chi connectivity index (χ1n) is 10.9. The third-order valence-corrected chi connectivity index (χ3v) is 6.31. The summed E-state index contributed by atoms with van der Waals surface area (Å²) in [7, 11) is 1.55. The van der Waals surface area contributed by atoms with Gasteiger partial charge < -0.3 is 20.5 Å². The Morgan fingerprint density at radius 3 is 2.78 bits per heavy atom. The normalized spacial score (nSPS) is 18.8. The molecule has 2 aliphatic rings. The van der Waals surface area contributed by atoms with E-state index in [-0.39, 0.29) is 29.8 Å². The Hall–Kier alpha value is -3.29. The van der Waals surface area contributed by atoms with Gasteiger partial charge in [-0.2, -0.15) is 4.98 Å². The van der Waals surface area contributed by atoms with E-state index in [1.54, 1.807) is 18.1 Å². The maximum atomic E-state index is 12.9. The van der Waals surface area contributed by atoms with Crippen LogP contribution in [0.1, 0.15) is 50.7 Å². The summed E-state index contributed by atoms with van der Waals surface area (Å²) in [6.07, 6.45) is 1.77. The minimum Gasteiger partial charge on any atom is -0.481 e. The summed E-state index contributed by atoms with van der Waals surface area (Å²) in [5.41, 5.74) is 3.60. The van der Waals surface area contributed by atoms with Gasteiger partial charge in [-0.3, -0.25) is 9.69 Å². The minimum absolute atomic E-state index is 0.0770. The number of benzene rings is 1. The summed E-state index contributed by atoms with van der Waals surface area (Å²) in [5.74, 6) is 0.947. The molecule has 2 heterocycles. The van der Waals surface area contributed by atoms with Crippen LogP contribution in [0.15, 0.2) is 30.3 Å². The third-order valence-electron chi connectivity index (χ3n) is 6.31. The average molecular weight is 439 g/mol. The predicted molar refractivity (Wildman–Crippen MR) is 123 cm³/mol. The molecule has 2 aromatic rings. The SMILES string of the molecule is COc1ccc2c(n1)N(c1ccc3c(c1)CCCC3C(NC(=O)O)C(C)(C)C)C(=O)CN2. The van der Waals surface area contributed by atoms with Crippen LogP contribution < -0.4 is 20.3 Å².